The van der Waals surface area contributed by atoms with E-state index in [2.05, 4.69) is 9.82 Å². The molecule has 2 aromatic carbocycles. The molecule has 1 N–H and O–H groups in total. The third-order valence-electron chi connectivity index (χ3n) is 4.74. The molecular formula is C21H24FN3O3S. The molecule has 1 heterocycles. The third-order valence-corrected chi connectivity index (χ3v) is 6.05. The molecule has 0 aliphatic carbocycles. The third kappa shape index (κ3) is 4.82. The van der Waals surface area contributed by atoms with E-state index in [0.717, 1.165) is 0 Å². The smallest absolute Gasteiger partial charge is 0.243 e. The van der Waals surface area contributed by atoms with Crippen LogP contribution < -0.4 is 4.72 Å². The number of benzene rings is 2. The summed E-state index contributed by atoms with van der Waals surface area (Å²) in [5.74, 6) is -0.585. The summed E-state index contributed by atoms with van der Waals surface area (Å²) >= 11 is 0. The topological polar surface area (TPSA) is 78.8 Å². The van der Waals surface area contributed by atoms with Gasteiger partial charge in [-0.1, -0.05) is 37.3 Å². The summed E-state index contributed by atoms with van der Waals surface area (Å²) in [7, 11) is -3.41. The van der Waals surface area contributed by atoms with Crippen molar-refractivity contribution in [1.82, 2.24) is 5.01 Å². The number of hydrogen-bond acceptors (Lipinski definition) is 4. The SMILES string of the molecule is CCCC(=O)N1N=C(c2cccc(NS(=O)(=O)CC)c2)C[C@H]1c1ccccc1F. The van der Waals surface area contributed by atoms with Gasteiger partial charge in [0, 0.05) is 24.1 Å². The number of rotatable bonds is 7. The molecule has 0 aromatic heterocycles. The molecule has 29 heavy (non-hydrogen) atoms. The highest BCUT2D eigenvalue weighted by molar-refractivity contribution is 7.92. The lowest BCUT2D eigenvalue weighted by molar-refractivity contribution is -0.133. The van der Waals surface area contributed by atoms with Crippen LogP contribution in [0.15, 0.2) is 53.6 Å². The Bertz CT molecular complexity index is 1040. The van der Waals surface area contributed by atoms with Crippen molar-refractivity contribution >= 4 is 27.3 Å². The molecule has 3 rings (SSSR count). The van der Waals surface area contributed by atoms with E-state index in [1.54, 1.807) is 49.4 Å². The van der Waals surface area contributed by atoms with Gasteiger partial charge in [-0.15, -0.1) is 0 Å². The van der Waals surface area contributed by atoms with E-state index in [9.17, 15) is 17.6 Å². The van der Waals surface area contributed by atoms with Crippen molar-refractivity contribution in [3.8, 4) is 0 Å². The second kappa shape index (κ2) is 8.73. The van der Waals surface area contributed by atoms with Gasteiger partial charge < -0.3 is 0 Å². The molecule has 1 amide bonds. The zero-order chi connectivity index (χ0) is 21.0. The number of hydrogen-bond donors (Lipinski definition) is 1. The van der Waals surface area contributed by atoms with Gasteiger partial charge in [-0.05, 0) is 37.1 Å². The van der Waals surface area contributed by atoms with E-state index in [0.29, 0.717) is 41.8 Å². The van der Waals surface area contributed by atoms with Crippen molar-refractivity contribution in [2.75, 3.05) is 10.5 Å². The first-order valence-corrected chi connectivity index (χ1v) is 11.2. The molecule has 2 aromatic rings. The Labute approximate surface area is 170 Å². The standard InChI is InChI=1S/C21H24FN3O3S/c1-3-8-21(26)25-20(17-11-5-6-12-18(17)22)14-19(23-25)15-9-7-10-16(13-15)24-29(27,28)4-2/h5-7,9-13,20,24H,3-4,8,14H2,1-2H3/t20-/m0/s1. The van der Waals surface area contributed by atoms with Crippen LogP contribution in [0.3, 0.4) is 0 Å². The van der Waals surface area contributed by atoms with Gasteiger partial charge in [0.15, 0.2) is 0 Å². The molecule has 6 nitrogen and oxygen atoms in total. The predicted octanol–water partition coefficient (Wildman–Crippen LogP) is 4.07. The van der Waals surface area contributed by atoms with Gasteiger partial charge >= 0.3 is 0 Å². The van der Waals surface area contributed by atoms with Gasteiger partial charge in [-0.2, -0.15) is 5.10 Å². The Morgan fingerprint density at radius 2 is 1.97 bits per heavy atom. The second-order valence-corrected chi connectivity index (χ2v) is 8.87. The van der Waals surface area contributed by atoms with Crippen LogP contribution in [0, 0.1) is 5.82 Å². The largest absolute Gasteiger partial charge is 0.284 e. The first kappa shape index (κ1) is 21.0. The Morgan fingerprint density at radius 3 is 2.66 bits per heavy atom. The summed E-state index contributed by atoms with van der Waals surface area (Å²) in [5.41, 5.74) is 2.14. The maximum atomic E-state index is 14.4. The maximum absolute atomic E-state index is 14.4. The van der Waals surface area contributed by atoms with Crippen molar-refractivity contribution in [3.05, 3.63) is 65.5 Å². The molecule has 8 heteroatoms. The fourth-order valence-corrected chi connectivity index (χ4v) is 3.88. The van der Waals surface area contributed by atoms with Crippen LogP contribution in [-0.2, 0) is 14.8 Å². The fourth-order valence-electron chi connectivity index (χ4n) is 3.24. The highest BCUT2D eigenvalue weighted by atomic mass is 32.2. The van der Waals surface area contributed by atoms with E-state index >= 15 is 0 Å². The molecule has 0 fully saturated rings. The minimum atomic E-state index is -3.41. The molecular weight excluding hydrogens is 393 g/mol. The molecule has 0 spiro atoms. The lowest BCUT2D eigenvalue weighted by atomic mass is 9.97. The molecule has 154 valence electrons. The quantitative estimate of drug-likeness (QED) is 0.738. The number of halogens is 1. The minimum absolute atomic E-state index is 0.0349. The number of nitrogens with one attached hydrogen (secondary N) is 1. The van der Waals surface area contributed by atoms with Crippen LogP contribution in [0.5, 0.6) is 0 Å². The highest BCUT2D eigenvalue weighted by Gasteiger charge is 2.34. The Morgan fingerprint density at radius 1 is 1.21 bits per heavy atom. The van der Waals surface area contributed by atoms with Gasteiger partial charge in [0.05, 0.1) is 17.5 Å². The first-order valence-electron chi connectivity index (χ1n) is 9.59. The monoisotopic (exact) mass is 417 g/mol. The average Bonchev–Trinajstić information content (AvgIpc) is 3.14. The van der Waals surface area contributed by atoms with Crippen LogP contribution in [-0.4, -0.2) is 30.8 Å². The summed E-state index contributed by atoms with van der Waals surface area (Å²) in [6.45, 7) is 3.46. The van der Waals surface area contributed by atoms with Gasteiger partial charge in [0.25, 0.3) is 0 Å². The molecule has 1 atom stereocenters. The van der Waals surface area contributed by atoms with Crippen molar-refractivity contribution in [1.29, 1.82) is 0 Å². The van der Waals surface area contributed by atoms with E-state index in [-0.39, 0.29) is 17.5 Å². The summed E-state index contributed by atoms with van der Waals surface area (Å²) in [5, 5.41) is 5.85. The van der Waals surface area contributed by atoms with Crippen molar-refractivity contribution < 1.29 is 17.6 Å². The van der Waals surface area contributed by atoms with Gasteiger partial charge in [0.2, 0.25) is 15.9 Å². The van der Waals surface area contributed by atoms with E-state index in [1.807, 2.05) is 6.92 Å². The van der Waals surface area contributed by atoms with Gasteiger partial charge in [-0.25, -0.2) is 17.8 Å². The van der Waals surface area contributed by atoms with Crippen LogP contribution in [0.4, 0.5) is 10.1 Å². The zero-order valence-corrected chi connectivity index (χ0v) is 17.2. The van der Waals surface area contributed by atoms with E-state index in [1.165, 1.54) is 11.1 Å². The van der Waals surface area contributed by atoms with Gasteiger partial charge in [0.1, 0.15) is 5.82 Å². The summed E-state index contributed by atoms with van der Waals surface area (Å²) in [6.07, 6.45) is 1.33. The number of hydrazone groups is 1. The Balaban J connectivity index is 1.95. The molecule has 0 bridgehead atoms. The molecule has 0 radical (unpaired) electrons. The Hall–Kier alpha value is -2.74. The summed E-state index contributed by atoms with van der Waals surface area (Å²) in [4.78, 5) is 12.6. The number of carbonyl (C=O) groups excluding carboxylic acids is 1. The summed E-state index contributed by atoms with van der Waals surface area (Å²) in [6, 6.07) is 12.7. The average molecular weight is 418 g/mol. The van der Waals surface area contributed by atoms with Crippen LogP contribution >= 0.6 is 0 Å². The molecule has 0 unspecified atom stereocenters. The number of amides is 1. The molecule has 1 aliphatic rings. The first-order chi connectivity index (χ1) is 13.8. The number of carbonyl (C=O) groups is 1. The van der Waals surface area contributed by atoms with Crippen LogP contribution in [0.25, 0.3) is 0 Å². The number of sulfonamides is 1. The minimum Gasteiger partial charge on any atom is -0.284 e. The number of nitrogens with zero attached hydrogens (tertiary/aromatic N) is 2. The van der Waals surface area contributed by atoms with Crippen molar-refractivity contribution in [2.24, 2.45) is 5.10 Å². The van der Waals surface area contributed by atoms with Crippen molar-refractivity contribution in [2.45, 2.75) is 39.2 Å². The number of anilines is 1. The van der Waals surface area contributed by atoms with Crippen molar-refractivity contribution in [3.63, 3.8) is 0 Å². The summed E-state index contributed by atoms with van der Waals surface area (Å²) < 4.78 is 40.6. The molecule has 0 saturated carbocycles. The van der Waals surface area contributed by atoms with Crippen LogP contribution in [0.2, 0.25) is 0 Å². The Kier molecular flexibility index (Phi) is 6.32. The van der Waals surface area contributed by atoms with E-state index < -0.39 is 16.1 Å². The lowest BCUT2D eigenvalue weighted by Crippen LogP contribution is -2.27. The molecule has 0 saturated heterocycles. The normalized spacial score (nSPS) is 16.6. The highest BCUT2D eigenvalue weighted by Crippen LogP contribution is 2.35. The lowest BCUT2D eigenvalue weighted by Gasteiger charge is -2.22. The maximum Gasteiger partial charge on any atom is 0.243 e. The van der Waals surface area contributed by atoms with E-state index in [4.69, 9.17) is 0 Å². The fraction of sp³-hybridized carbons (Fsp3) is 0.333. The molecule has 1 aliphatic heterocycles. The zero-order valence-electron chi connectivity index (χ0n) is 16.4. The predicted molar refractivity (Wildman–Crippen MR) is 112 cm³/mol. The van der Waals surface area contributed by atoms with Crippen LogP contribution in [0.1, 0.15) is 50.3 Å². The second-order valence-electron chi connectivity index (χ2n) is 6.86. The van der Waals surface area contributed by atoms with Gasteiger partial charge in [-0.3, -0.25) is 9.52 Å².